The molecular weight excluding hydrogens is 557 g/mol. The van der Waals surface area contributed by atoms with E-state index in [0.29, 0.717) is 22.9 Å². The van der Waals surface area contributed by atoms with Gasteiger partial charge in [-0.25, -0.2) is 9.59 Å². The van der Waals surface area contributed by atoms with Gasteiger partial charge >= 0.3 is 18.1 Å². The molecule has 7 nitrogen and oxygen atoms in total. The first-order chi connectivity index (χ1) is 17.5. The molecule has 0 radical (unpaired) electrons. The lowest BCUT2D eigenvalue weighted by atomic mass is 9.99. The molecule has 4 rings (SSSR count). The molecule has 0 bridgehead atoms. The number of amides is 1. The summed E-state index contributed by atoms with van der Waals surface area (Å²) in [7, 11) is 0. The van der Waals surface area contributed by atoms with E-state index in [1.54, 1.807) is 36.4 Å². The standard InChI is InChI=1S/C24H21BrN2O3.C2HF3O2/c25-19-8-6-17(7-9-19)23(28)26-20-10-11-22(21(14-20)24(29)30)27-13-12-18(15-27)16-4-2-1-3-5-16;3-2(4,5)1(6)7/h1-11,14,18H,12-13,15H2,(H,26,28)(H,29,30);(H,6,7). The van der Waals surface area contributed by atoms with Crippen LogP contribution in [0.15, 0.2) is 77.3 Å². The molecule has 194 valence electrons. The summed E-state index contributed by atoms with van der Waals surface area (Å²) in [5.41, 5.74) is 3.11. The molecule has 1 unspecified atom stereocenters. The van der Waals surface area contributed by atoms with Crippen LogP contribution in [0.3, 0.4) is 0 Å². The van der Waals surface area contributed by atoms with Crippen molar-refractivity contribution in [2.24, 2.45) is 0 Å². The smallest absolute Gasteiger partial charge is 0.478 e. The number of alkyl halides is 3. The second-order valence-corrected chi connectivity index (χ2v) is 9.06. The zero-order valence-corrected chi connectivity index (χ0v) is 20.8. The van der Waals surface area contributed by atoms with E-state index in [1.165, 1.54) is 11.6 Å². The molecule has 1 atom stereocenters. The number of anilines is 2. The maximum absolute atomic E-state index is 12.5. The van der Waals surface area contributed by atoms with Crippen molar-refractivity contribution in [3.63, 3.8) is 0 Å². The first kappa shape index (κ1) is 27.7. The molecular formula is C26H22BrF3N2O5. The van der Waals surface area contributed by atoms with Crippen LogP contribution in [0.25, 0.3) is 0 Å². The van der Waals surface area contributed by atoms with Gasteiger partial charge in [-0.1, -0.05) is 46.3 Å². The molecule has 37 heavy (non-hydrogen) atoms. The van der Waals surface area contributed by atoms with Gasteiger partial charge in [0.25, 0.3) is 5.91 Å². The van der Waals surface area contributed by atoms with Gasteiger partial charge in [-0.05, 0) is 54.4 Å². The van der Waals surface area contributed by atoms with E-state index in [2.05, 4.69) is 38.3 Å². The summed E-state index contributed by atoms with van der Waals surface area (Å²) in [6, 6.07) is 22.4. The van der Waals surface area contributed by atoms with E-state index in [9.17, 15) is 27.9 Å². The summed E-state index contributed by atoms with van der Waals surface area (Å²) in [5.74, 6) is -3.66. The van der Waals surface area contributed by atoms with Crippen LogP contribution in [0, 0.1) is 0 Å². The molecule has 1 aliphatic rings. The summed E-state index contributed by atoms with van der Waals surface area (Å²) in [5, 5.41) is 19.7. The number of benzene rings is 3. The predicted molar refractivity (Wildman–Crippen MR) is 135 cm³/mol. The number of hydrogen-bond acceptors (Lipinski definition) is 4. The van der Waals surface area contributed by atoms with Gasteiger partial charge in [0.15, 0.2) is 0 Å². The number of nitrogens with one attached hydrogen (secondary N) is 1. The Labute approximate surface area is 218 Å². The molecule has 0 saturated carbocycles. The average molecular weight is 579 g/mol. The van der Waals surface area contributed by atoms with Gasteiger partial charge in [-0.2, -0.15) is 13.2 Å². The molecule has 3 aromatic rings. The Kier molecular flexibility index (Phi) is 8.93. The zero-order valence-electron chi connectivity index (χ0n) is 19.2. The fourth-order valence-electron chi connectivity index (χ4n) is 3.84. The topological polar surface area (TPSA) is 107 Å². The molecule has 3 aromatic carbocycles. The van der Waals surface area contributed by atoms with Gasteiger partial charge in [0.05, 0.1) is 11.3 Å². The highest BCUT2D eigenvalue weighted by atomic mass is 79.9. The average Bonchev–Trinajstić information content (AvgIpc) is 3.35. The largest absolute Gasteiger partial charge is 0.490 e. The Balaban J connectivity index is 0.000000479. The lowest BCUT2D eigenvalue weighted by Gasteiger charge is -2.21. The summed E-state index contributed by atoms with van der Waals surface area (Å²) in [4.78, 5) is 35.4. The first-order valence-corrected chi connectivity index (χ1v) is 11.8. The number of rotatable bonds is 5. The number of nitrogens with zero attached hydrogens (tertiary/aromatic N) is 1. The number of carboxylic acids is 2. The Morgan fingerprint density at radius 1 is 0.946 bits per heavy atom. The van der Waals surface area contributed by atoms with Crippen LogP contribution in [0.5, 0.6) is 0 Å². The van der Waals surface area contributed by atoms with Gasteiger partial charge in [-0.3, -0.25) is 4.79 Å². The molecule has 0 spiro atoms. The summed E-state index contributed by atoms with van der Waals surface area (Å²) in [6.07, 6.45) is -4.11. The van der Waals surface area contributed by atoms with Crippen LogP contribution in [-0.4, -0.2) is 47.3 Å². The van der Waals surface area contributed by atoms with Gasteiger partial charge in [-0.15, -0.1) is 0 Å². The van der Waals surface area contributed by atoms with E-state index in [1.807, 2.05) is 18.2 Å². The number of aromatic carboxylic acids is 1. The second kappa shape index (κ2) is 11.9. The summed E-state index contributed by atoms with van der Waals surface area (Å²) in [6.45, 7) is 1.57. The number of aliphatic carboxylic acids is 1. The van der Waals surface area contributed by atoms with Crippen LogP contribution in [0.4, 0.5) is 24.5 Å². The van der Waals surface area contributed by atoms with Gasteiger partial charge in [0.2, 0.25) is 0 Å². The Morgan fingerprint density at radius 2 is 1.57 bits per heavy atom. The fraction of sp³-hybridized carbons (Fsp3) is 0.192. The minimum atomic E-state index is -5.08. The molecule has 3 N–H and O–H groups in total. The van der Waals surface area contributed by atoms with Crippen LogP contribution >= 0.6 is 15.9 Å². The fourth-order valence-corrected chi connectivity index (χ4v) is 4.11. The number of halogens is 4. The molecule has 0 aromatic heterocycles. The van der Waals surface area contributed by atoms with Gasteiger partial charge < -0.3 is 20.4 Å². The number of carboxylic acid groups (broad SMARTS) is 2. The maximum atomic E-state index is 12.5. The van der Waals surface area contributed by atoms with Crippen LogP contribution < -0.4 is 10.2 Å². The zero-order chi connectivity index (χ0) is 27.2. The van der Waals surface area contributed by atoms with Crippen molar-refractivity contribution >= 4 is 45.2 Å². The number of carbonyl (C=O) groups is 3. The quantitative estimate of drug-likeness (QED) is 0.341. The van der Waals surface area contributed by atoms with E-state index >= 15 is 0 Å². The van der Waals surface area contributed by atoms with Gasteiger partial charge in [0, 0.05) is 34.7 Å². The van der Waals surface area contributed by atoms with Crippen molar-refractivity contribution in [2.45, 2.75) is 18.5 Å². The van der Waals surface area contributed by atoms with Crippen molar-refractivity contribution in [3.05, 3.63) is 94.0 Å². The number of hydrogen-bond donors (Lipinski definition) is 3. The van der Waals surface area contributed by atoms with Crippen molar-refractivity contribution in [1.82, 2.24) is 0 Å². The molecule has 11 heteroatoms. The molecule has 1 saturated heterocycles. The summed E-state index contributed by atoms with van der Waals surface area (Å²) < 4.78 is 32.6. The highest BCUT2D eigenvalue weighted by Crippen LogP contribution is 2.33. The molecule has 1 fully saturated rings. The van der Waals surface area contributed by atoms with E-state index in [0.717, 1.165) is 24.0 Å². The highest BCUT2D eigenvalue weighted by Gasteiger charge is 2.38. The van der Waals surface area contributed by atoms with Gasteiger partial charge in [0.1, 0.15) is 0 Å². The normalized spacial score (nSPS) is 14.9. The van der Waals surface area contributed by atoms with Crippen molar-refractivity contribution in [2.75, 3.05) is 23.3 Å². The van der Waals surface area contributed by atoms with E-state index < -0.39 is 18.1 Å². The highest BCUT2D eigenvalue weighted by molar-refractivity contribution is 9.10. The molecule has 1 aliphatic heterocycles. The van der Waals surface area contributed by atoms with Crippen LogP contribution in [0.1, 0.15) is 38.6 Å². The minimum Gasteiger partial charge on any atom is -0.478 e. The monoisotopic (exact) mass is 578 g/mol. The Hall–Kier alpha value is -3.86. The van der Waals surface area contributed by atoms with Crippen LogP contribution in [0.2, 0.25) is 0 Å². The molecule has 1 amide bonds. The first-order valence-electron chi connectivity index (χ1n) is 11.0. The minimum absolute atomic E-state index is 0.192. The SMILES string of the molecule is O=C(Nc1ccc(N2CCC(c3ccccc3)C2)c(C(=O)O)c1)c1ccc(Br)cc1.O=C(O)C(F)(F)F. The summed E-state index contributed by atoms with van der Waals surface area (Å²) >= 11 is 3.34. The third kappa shape index (κ3) is 7.56. The van der Waals surface area contributed by atoms with Crippen molar-refractivity contribution in [3.8, 4) is 0 Å². The number of carbonyl (C=O) groups excluding carboxylic acids is 1. The third-order valence-electron chi connectivity index (χ3n) is 5.63. The maximum Gasteiger partial charge on any atom is 0.490 e. The third-order valence-corrected chi connectivity index (χ3v) is 6.16. The van der Waals surface area contributed by atoms with Crippen molar-refractivity contribution in [1.29, 1.82) is 0 Å². The van der Waals surface area contributed by atoms with Crippen molar-refractivity contribution < 1.29 is 37.8 Å². The lowest BCUT2D eigenvalue weighted by molar-refractivity contribution is -0.192. The Bertz CT molecular complexity index is 1270. The molecule has 0 aliphatic carbocycles. The lowest BCUT2D eigenvalue weighted by Crippen LogP contribution is -2.22. The predicted octanol–water partition coefficient (Wildman–Crippen LogP) is 6.03. The van der Waals surface area contributed by atoms with Crippen LogP contribution in [-0.2, 0) is 4.79 Å². The second-order valence-electron chi connectivity index (χ2n) is 8.14. The molecule has 1 heterocycles. The van der Waals surface area contributed by atoms with E-state index in [4.69, 9.17) is 9.90 Å². The van der Waals surface area contributed by atoms with E-state index in [-0.39, 0.29) is 11.5 Å². The Morgan fingerprint density at radius 3 is 2.14 bits per heavy atom.